The Hall–Kier alpha value is -2.13. The van der Waals surface area contributed by atoms with E-state index in [4.69, 9.17) is 10.5 Å². The Kier molecular flexibility index (Phi) is 5.71. The summed E-state index contributed by atoms with van der Waals surface area (Å²) in [5.41, 5.74) is 6.27. The van der Waals surface area contributed by atoms with Crippen LogP contribution in [0.3, 0.4) is 0 Å². The van der Waals surface area contributed by atoms with Crippen molar-refractivity contribution >= 4 is 27.6 Å². The maximum Gasteiger partial charge on any atom is 0.328 e. The van der Waals surface area contributed by atoms with E-state index in [2.05, 4.69) is 0 Å². The summed E-state index contributed by atoms with van der Waals surface area (Å²) >= 11 is 0. The number of anilines is 1. The molecule has 0 radical (unpaired) electrons. The van der Waals surface area contributed by atoms with E-state index in [0.717, 1.165) is 25.7 Å². The first-order chi connectivity index (χ1) is 12.8. The van der Waals surface area contributed by atoms with E-state index >= 15 is 0 Å². The number of nitrogens with two attached hydrogens (primary N) is 1. The topological polar surface area (TPSA) is 110 Å². The van der Waals surface area contributed by atoms with E-state index in [0.29, 0.717) is 26.1 Å². The minimum absolute atomic E-state index is 0.0133. The molecule has 0 saturated carbocycles. The fourth-order valence-corrected chi connectivity index (χ4v) is 5.29. The standard InChI is InChI=1S/C18H25N3O5S/c1-26-18(23)16-6-2-3-9-21(16)17(22)13-10-14(19)12-15(11-13)27(24,25)20-7-4-5-8-20/h10-12,16H,2-9,19H2,1H3/t16-/m0/s1. The van der Waals surface area contributed by atoms with Gasteiger partial charge < -0.3 is 15.4 Å². The van der Waals surface area contributed by atoms with Gasteiger partial charge in [-0.3, -0.25) is 4.79 Å². The van der Waals surface area contributed by atoms with Crippen LogP contribution in [0.4, 0.5) is 5.69 Å². The number of amides is 1. The van der Waals surface area contributed by atoms with E-state index < -0.39 is 27.9 Å². The molecule has 0 spiro atoms. The van der Waals surface area contributed by atoms with Crippen molar-refractivity contribution in [2.75, 3.05) is 32.5 Å². The van der Waals surface area contributed by atoms with Crippen LogP contribution >= 0.6 is 0 Å². The third-order valence-electron chi connectivity index (χ3n) is 5.12. The normalized spacial score (nSPS) is 21.2. The molecule has 27 heavy (non-hydrogen) atoms. The van der Waals surface area contributed by atoms with Gasteiger partial charge in [-0.2, -0.15) is 4.31 Å². The zero-order chi connectivity index (χ0) is 19.6. The third-order valence-corrected chi connectivity index (χ3v) is 6.99. The van der Waals surface area contributed by atoms with E-state index in [-0.39, 0.29) is 16.1 Å². The first kappa shape index (κ1) is 19.6. The zero-order valence-electron chi connectivity index (χ0n) is 15.4. The summed E-state index contributed by atoms with van der Waals surface area (Å²) in [5, 5.41) is 0. The van der Waals surface area contributed by atoms with Gasteiger partial charge in [0, 0.05) is 30.9 Å². The van der Waals surface area contributed by atoms with Gasteiger partial charge in [-0.25, -0.2) is 13.2 Å². The van der Waals surface area contributed by atoms with Crippen molar-refractivity contribution in [3.8, 4) is 0 Å². The summed E-state index contributed by atoms with van der Waals surface area (Å²) in [4.78, 5) is 26.5. The summed E-state index contributed by atoms with van der Waals surface area (Å²) < 4.78 is 31.9. The van der Waals surface area contributed by atoms with Crippen molar-refractivity contribution in [2.45, 2.75) is 43.0 Å². The molecule has 2 aliphatic heterocycles. The first-order valence-electron chi connectivity index (χ1n) is 9.14. The molecule has 0 aromatic heterocycles. The van der Waals surface area contributed by atoms with Gasteiger partial charge in [0.15, 0.2) is 0 Å². The number of hydrogen-bond donors (Lipinski definition) is 1. The second-order valence-electron chi connectivity index (χ2n) is 6.94. The van der Waals surface area contributed by atoms with Crippen molar-refractivity contribution in [1.29, 1.82) is 0 Å². The average molecular weight is 395 g/mol. The average Bonchev–Trinajstić information content (AvgIpc) is 3.22. The lowest BCUT2D eigenvalue weighted by Gasteiger charge is -2.34. The van der Waals surface area contributed by atoms with Crippen LogP contribution in [0.1, 0.15) is 42.5 Å². The fraction of sp³-hybridized carbons (Fsp3) is 0.556. The Bertz CT molecular complexity index is 833. The predicted molar refractivity (Wildman–Crippen MR) is 99.5 cm³/mol. The number of nitrogens with zero attached hydrogens (tertiary/aromatic N) is 2. The quantitative estimate of drug-likeness (QED) is 0.606. The molecular formula is C18H25N3O5S. The summed E-state index contributed by atoms with van der Waals surface area (Å²) in [6.45, 7) is 1.36. The van der Waals surface area contributed by atoms with Gasteiger partial charge in [0.25, 0.3) is 5.91 Å². The van der Waals surface area contributed by atoms with Gasteiger partial charge in [-0.15, -0.1) is 0 Å². The summed E-state index contributed by atoms with van der Waals surface area (Å²) in [6.07, 6.45) is 3.78. The second kappa shape index (κ2) is 7.85. The molecule has 2 saturated heterocycles. The number of piperidine rings is 1. The van der Waals surface area contributed by atoms with Gasteiger partial charge in [-0.05, 0) is 50.3 Å². The summed E-state index contributed by atoms with van der Waals surface area (Å²) in [6, 6.07) is 3.53. The highest BCUT2D eigenvalue weighted by Gasteiger charge is 2.34. The number of likely N-dealkylation sites (tertiary alicyclic amines) is 1. The largest absolute Gasteiger partial charge is 0.467 e. The van der Waals surface area contributed by atoms with Crippen LogP contribution in [0, 0.1) is 0 Å². The Morgan fingerprint density at radius 3 is 2.41 bits per heavy atom. The van der Waals surface area contributed by atoms with E-state index in [1.54, 1.807) is 0 Å². The molecule has 3 rings (SSSR count). The highest BCUT2D eigenvalue weighted by molar-refractivity contribution is 7.89. The summed E-state index contributed by atoms with van der Waals surface area (Å²) in [5.74, 6) is -0.868. The third kappa shape index (κ3) is 3.93. The molecule has 1 atom stereocenters. The Morgan fingerprint density at radius 2 is 1.74 bits per heavy atom. The molecule has 1 aromatic rings. The number of rotatable bonds is 4. The van der Waals surface area contributed by atoms with Crippen molar-refractivity contribution in [2.24, 2.45) is 0 Å². The number of carbonyl (C=O) groups excluding carboxylic acids is 2. The number of ether oxygens (including phenoxy) is 1. The number of benzene rings is 1. The Balaban J connectivity index is 1.93. The van der Waals surface area contributed by atoms with Crippen molar-refractivity contribution in [3.63, 3.8) is 0 Å². The molecule has 2 fully saturated rings. The van der Waals surface area contributed by atoms with E-state index in [9.17, 15) is 18.0 Å². The Labute approximate surface area is 159 Å². The maximum atomic E-state index is 13.0. The summed E-state index contributed by atoms with van der Waals surface area (Å²) in [7, 11) is -2.40. The minimum Gasteiger partial charge on any atom is -0.467 e. The molecule has 0 aliphatic carbocycles. The molecule has 0 bridgehead atoms. The molecule has 8 nitrogen and oxygen atoms in total. The van der Waals surface area contributed by atoms with Crippen LogP contribution in [0.2, 0.25) is 0 Å². The highest BCUT2D eigenvalue weighted by Crippen LogP contribution is 2.26. The van der Waals surface area contributed by atoms with Gasteiger partial charge in [0.1, 0.15) is 6.04 Å². The van der Waals surface area contributed by atoms with Gasteiger partial charge >= 0.3 is 5.97 Å². The Morgan fingerprint density at radius 1 is 1.07 bits per heavy atom. The van der Waals surface area contributed by atoms with Crippen LogP contribution < -0.4 is 5.73 Å². The number of esters is 1. The molecule has 1 amide bonds. The molecule has 0 unspecified atom stereocenters. The molecular weight excluding hydrogens is 370 g/mol. The molecule has 2 aliphatic rings. The molecule has 1 aromatic carbocycles. The first-order valence-corrected chi connectivity index (χ1v) is 10.6. The lowest BCUT2D eigenvalue weighted by atomic mass is 10.0. The van der Waals surface area contributed by atoms with Crippen molar-refractivity contribution in [1.82, 2.24) is 9.21 Å². The molecule has 2 N–H and O–H groups in total. The number of nitrogen functional groups attached to an aromatic ring is 1. The zero-order valence-corrected chi connectivity index (χ0v) is 16.2. The molecule has 2 heterocycles. The minimum atomic E-state index is -3.69. The van der Waals surface area contributed by atoms with E-state index in [1.807, 2.05) is 0 Å². The SMILES string of the molecule is COC(=O)[C@@H]1CCCCN1C(=O)c1cc(N)cc(S(=O)(=O)N2CCCC2)c1. The van der Waals surface area contributed by atoms with Crippen molar-refractivity contribution < 1.29 is 22.7 Å². The van der Waals surface area contributed by atoms with Crippen LogP contribution in [0.25, 0.3) is 0 Å². The lowest BCUT2D eigenvalue weighted by Crippen LogP contribution is -2.48. The van der Waals surface area contributed by atoms with Crippen LogP contribution in [-0.2, 0) is 19.6 Å². The van der Waals surface area contributed by atoms with E-state index in [1.165, 1.54) is 34.5 Å². The number of carbonyl (C=O) groups is 2. The predicted octanol–water partition coefficient (Wildman–Crippen LogP) is 1.22. The molecule has 148 valence electrons. The van der Waals surface area contributed by atoms with Gasteiger partial charge in [-0.1, -0.05) is 0 Å². The smallest absolute Gasteiger partial charge is 0.328 e. The van der Waals surface area contributed by atoms with Crippen LogP contribution in [-0.4, -0.2) is 62.3 Å². The number of sulfonamides is 1. The monoisotopic (exact) mass is 395 g/mol. The lowest BCUT2D eigenvalue weighted by molar-refractivity contribution is -0.147. The maximum absolute atomic E-state index is 13.0. The fourth-order valence-electron chi connectivity index (χ4n) is 3.69. The molecule has 9 heteroatoms. The van der Waals surface area contributed by atoms with Gasteiger partial charge in [0.05, 0.1) is 12.0 Å². The number of methoxy groups -OCH3 is 1. The van der Waals surface area contributed by atoms with Crippen LogP contribution in [0.5, 0.6) is 0 Å². The number of hydrogen-bond acceptors (Lipinski definition) is 6. The van der Waals surface area contributed by atoms with Gasteiger partial charge in [0.2, 0.25) is 10.0 Å². The van der Waals surface area contributed by atoms with Crippen LogP contribution in [0.15, 0.2) is 23.1 Å². The second-order valence-corrected chi connectivity index (χ2v) is 8.87. The highest BCUT2D eigenvalue weighted by atomic mass is 32.2. The van der Waals surface area contributed by atoms with Crippen molar-refractivity contribution in [3.05, 3.63) is 23.8 Å².